The number of rotatable bonds is 55. The molecule has 0 fully saturated rings. The molecule has 0 aromatic rings. The standard InChI is InChI=1S/C59H117N2O6P/c1-6-8-10-12-14-16-18-19-20-21-22-23-24-25-26-27-28-29-30-31-32-33-34-35-36-37-38-39-40-41-43-45-47-49-51-53-59(63)60-57(56-67-68(64,65)66-55-54-61(3,4)5)58(62)52-50-48-46-44-42-17-15-13-11-9-7-2/h42,44,50,52,57-58,62H,6-41,43,45-49,51,53-56H2,1-5H3,(H-,60,63,64,65)/b44-42+,52-50+. The first kappa shape index (κ1) is 67.0. The molecule has 0 bridgehead atoms. The van der Waals surface area contributed by atoms with Gasteiger partial charge in [0.05, 0.1) is 39.9 Å². The zero-order valence-electron chi connectivity index (χ0n) is 46.1. The molecule has 0 spiro atoms. The van der Waals surface area contributed by atoms with Crippen LogP contribution in [0.1, 0.15) is 296 Å². The van der Waals surface area contributed by atoms with Gasteiger partial charge in [0.15, 0.2) is 0 Å². The van der Waals surface area contributed by atoms with Crippen molar-refractivity contribution >= 4 is 13.7 Å². The first-order valence-corrected chi connectivity index (χ1v) is 31.2. The lowest BCUT2D eigenvalue weighted by Gasteiger charge is -2.29. The smallest absolute Gasteiger partial charge is 0.268 e. The SMILES string of the molecule is CCCCCCC/C=C/CC/C=C/C(O)C(COP(=O)([O-])OCC[N+](C)(C)C)NC(=O)CCCCCCCCCCCCCCCCCCCCCCCCCCCCCCCCCCCCC. The second-order valence-corrected chi connectivity index (χ2v) is 23.1. The lowest BCUT2D eigenvalue weighted by atomic mass is 10.0. The molecule has 9 heteroatoms. The molecule has 0 radical (unpaired) electrons. The van der Waals surface area contributed by atoms with Gasteiger partial charge in [0.25, 0.3) is 7.82 Å². The van der Waals surface area contributed by atoms with Crippen LogP contribution in [-0.4, -0.2) is 68.5 Å². The Labute approximate surface area is 424 Å². The van der Waals surface area contributed by atoms with Gasteiger partial charge in [0, 0.05) is 6.42 Å². The van der Waals surface area contributed by atoms with Gasteiger partial charge >= 0.3 is 0 Å². The predicted octanol–water partition coefficient (Wildman–Crippen LogP) is 17.4. The number of quaternary nitrogens is 1. The third-order valence-corrected chi connectivity index (χ3v) is 14.6. The van der Waals surface area contributed by atoms with E-state index in [2.05, 4.69) is 31.3 Å². The van der Waals surface area contributed by atoms with E-state index in [-0.39, 0.29) is 19.1 Å². The number of likely N-dealkylation sites (N-methyl/N-ethyl adjacent to an activating group) is 1. The minimum absolute atomic E-state index is 0.00420. The maximum atomic E-state index is 12.9. The summed E-state index contributed by atoms with van der Waals surface area (Å²) < 4.78 is 23.2. The van der Waals surface area contributed by atoms with Crippen LogP contribution < -0.4 is 10.2 Å². The summed E-state index contributed by atoms with van der Waals surface area (Å²) in [7, 11) is 1.25. The number of phosphoric acid groups is 1. The molecule has 8 nitrogen and oxygen atoms in total. The van der Waals surface area contributed by atoms with Crippen molar-refractivity contribution in [2.45, 2.75) is 309 Å². The average Bonchev–Trinajstić information content (AvgIpc) is 3.30. The van der Waals surface area contributed by atoms with Gasteiger partial charge in [-0.25, -0.2) is 0 Å². The number of carbonyl (C=O) groups is 1. The summed E-state index contributed by atoms with van der Waals surface area (Å²) >= 11 is 0. The monoisotopic (exact) mass is 981 g/mol. The number of aliphatic hydroxyl groups excluding tert-OH is 1. The number of phosphoric ester groups is 1. The third kappa shape index (κ3) is 52.8. The van der Waals surface area contributed by atoms with E-state index in [4.69, 9.17) is 9.05 Å². The molecule has 0 aliphatic carbocycles. The quantitative estimate of drug-likeness (QED) is 0.0272. The minimum Gasteiger partial charge on any atom is -0.756 e. The molecular weight excluding hydrogens is 864 g/mol. The number of unbranched alkanes of at least 4 members (excludes halogenated alkanes) is 40. The Morgan fingerprint density at radius 1 is 0.500 bits per heavy atom. The molecule has 0 aliphatic heterocycles. The summed E-state index contributed by atoms with van der Waals surface area (Å²) in [6.45, 7) is 4.63. The van der Waals surface area contributed by atoms with Crippen LogP contribution in [0.15, 0.2) is 24.3 Å². The van der Waals surface area contributed by atoms with Crippen molar-refractivity contribution in [2.75, 3.05) is 40.9 Å². The number of amides is 1. The van der Waals surface area contributed by atoms with E-state index < -0.39 is 20.0 Å². The fraction of sp³-hybridized carbons (Fsp3) is 0.915. The fourth-order valence-electron chi connectivity index (χ4n) is 9.00. The second-order valence-electron chi connectivity index (χ2n) is 21.7. The molecule has 0 heterocycles. The Bertz CT molecular complexity index is 1160. The van der Waals surface area contributed by atoms with Gasteiger partial charge in [-0.15, -0.1) is 0 Å². The largest absolute Gasteiger partial charge is 0.756 e. The van der Waals surface area contributed by atoms with E-state index in [1.807, 2.05) is 27.2 Å². The Balaban J connectivity index is 3.88. The van der Waals surface area contributed by atoms with Crippen molar-refractivity contribution < 1.29 is 32.9 Å². The van der Waals surface area contributed by atoms with Gasteiger partial charge in [0.2, 0.25) is 5.91 Å². The van der Waals surface area contributed by atoms with E-state index in [0.717, 1.165) is 38.5 Å². The number of nitrogens with zero attached hydrogens (tertiary/aromatic N) is 1. The summed E-state index contributed by atoms with van der Waals surface area (Å²) in [5.41, 5.74) is 0. The number of nitrogens with one attached hydrogen (secondary N) is 1. The second kappa shape index (κ2) is 50.9. The van der Waals surface area contributed by atoms with Crippen molar-refractivity contribution in [3.8, 4) is 0 Å². The van der Waals surface area contributed by atoms with Gasteiger partial charge in [-0.05, 0) is 32.1 Å². The lowest BCUT2D eigenvalue weighted by Crippen LogP contribution is -2.45. The number of aliphatic hydroxyl groups is 1. The van der Waals surface area contributed by atoms with Gasteiger partial charge in [-0.1, -0.05) is 282 Å². The topological polar surface area (TPSA) is 108 Å². The first-order valence-electron chi connectivity index (χ1n) is 29.7. The molecule has 2 N–H and O–H groups in total. The fourth-order valence-corrected chi connectivity index (χ4v) is 9.72. The van der Waals surface area contributed by atoms with Crippen molar-refractivity contribution in [3.05, 3.63) is 24.3 Å². The predicted molar refractivity (Wildman–Crippen MR) is 293 cm³/mol. The molecule has 0 aromatic carbocycles. The summed E-state index contributed by atoms with van der Waals surface area (Å²) in [6.07, 6.45) is 64.4. The van der Waals surface area contributed by atoms with E-state index in [9.17, 15) is 19.4 Å². The molecule has 0 saturated carbocycles. The van der Waals surface area contributed by atoms with Crippen molar-refractivity contribution in [1.82, 2.24) is 5.32 Å². The summed E-state index contributed by atoms with van der Waals surface area (Å²) in [5, 5.41) is 13.8. The molecule has 0 aromatic heterocycles. The van der Waals surface area contributed by atoms with E-state index >= 15 is 0 Å². The number of hydrogen-bond donors (Lipinski definition) is 2. The average molecular weight is 982 g/mol. The molecule has 1 amide bonds. The molecule has 0 aliphatic rings. The Hall–Kier alpha value is -1.02. The Morgan fingerprint density at radius 3 is 1.19 bits per heavy atom. The Morgan fingerprint density at radius 2 is 0.824 bits per heavy atom. The van der Waals surface area contributed by atoms with Crippen molar-refractivity contribution in [3.63, 3.8) is 0 Å². The van der Waals surface area contributed by atoms with Gasteiger partial charge in [-0.2, -0.15) is 0 Å². The van der Waals surface area contributed by atoms with Crippen molar-refractivity contribution in [1.29, 1.82) is 0 Å². The number of allylic oxidation sites excluding steroid dienone is 3. The highest BCUT2D eigenvalue weighted by Crippen LogP contribution is 2.38. The summed E-state index contributed by atoms with van der Waals surface area (Å²) in [4.78, 5) is 25.4. The van der Waals surface area contributed by atoms with Crippen LogP contribution in [0.25, 0.3) is 0 Å². The van der Waals surface area contributed by atoms with Crippen LogP contribution >= 0.6 is 7.82 Å². The normalized spacial score (nSPS) is 14.0. The van der Waals surface area contributed by atoms with Crippen LogP contribution in [0.3, 0.4) is 0 Å². The lowest BCUT2D eigenvalue weighted by molar-refractivity contribution is -0.870. The van der Waals surface area contributed by atoms with Gasteiger partial charge in [0.1, 0.15) is 13.2 Å². The summed E-state index contributed by atoms with van der Waals surface area (Å²) in [6, 6.07) is -0.898. The van der Waals surface area contributed by atoms with Crippen LogP contribution in [0, 0.1) is 0 Å². The van der Waals surface area contributed by atoms with Crippen LogP contribution in [0.4, 0.5) is 0 Å². The van der Waals surface area contributed by atoms with Crippen LogP contribution in [-0.2, 0) is 18.4 Å². The van der Waals surface area contributed by atoms with E-state index in [1.54, 1.807) is 6.08 Å². The zero-order valence-corrected chi connectivity index (χ0v) is 47.0. The molecule has 68 heavy (non-hydrogen) atoms. The molecular formula is C59H117N2O6P. The Kier molecular flexibility index (Phi) is 50.1. The molecule has 3 unspecified atom stereocenters. The summed E-state index contributed by atoms with van der Waals surface area (Å²) in [5.74, 6) is -0.203. The number of hydrogen-bond acceptors (Lipinski definition) is 6. The van der Waals surface area contributed by atoms with E-state index in [0.29, 0.717) is 17.4 Å². The molecule has 0 rings (SSSR count). The highest BCUT2D eigenvalue weighted by molar-refractivity contribution is 7.45. The highest BCUT2D eigenvalue weighted by Gasteiger charge is 2.23. The minimum atomic E-state index is -4.59. The molecule has 3 atom stereocenters. The van der Waals surface area contributed by atoms with Crippen LogP contribution in [0.2, 0.25) is 0 Å². The van der Waals surface area contributed by atoms with Crippen molar-refractivity contribution in [2.24, 2.45) is 0 Å². The number of carbonyl (C=O) groups excluding carboxylic acids is 1. The zero-order chi connectivity index (χ0) is 49.9. The third-order valence-electron chi connectivity index (χ3n) is 13.7. The first-order chi connectivity index (χ1) is 33.0. The highest BCUT2D eigenvalue weighted by atomic mass is 31.2. The maximum Gasteiger partial charge on any atom is 0.268 e. The van der Waals surface area contributed by atoms with Gasteiger partial charge < -0.3 is 28.8 Å². The maximum absolute atomic E-state index is 12.9. The van der Waals surface area contributed by atoms with E-state index in [1.165, 1.54) is 238 Å². The molecule has 0 saturated heterocycles. The molecule has 404 valence electrons. The van der Waals surface area contributed by atoms with Gasteiger partial charge in [-0.3, -0.25) is 9.36 Å². The van der Waals surface area contributed by atoms with Crippen LogP contribution in [0.5, 0.6) is 0 Å².